The summed E-state index contributed by atoms with van der Waals surface area (Å²) in [6.45, 7) is 3.53. The van der Waals surface area contributed by atoms with Crippen LogP contribution in [0.25, 0.3) is 0 Å². The lowest BCUT2D eigenvalue weighted by Crippen LogP contribution is -2.01. The van der Waals surface area contributed by atoms with Crippen LogP contribution < -0.4 is 0 Å². The lowest BCUT2D eigenvalue weighted by Gasteiger charge is -2.00. The van der Waals surface area contributed by atoms with Crippen molar-refractivity contribution in [1.29, 1.82) is 5.26 Å². The van der Waals surface area contributed by atoms with E-state index in [-0.39, 0.29) is 16.9 Å². The fourth-order valence-electron chi connectivity index (χ4n) is 1.18. The van der Waals surface area contributed by atoms with Gasteiger partial charge in [-0.3, -0.25) is 4.79 Å². The molecule has 0 unspecified atom stereocenters. The molecule has 15 heavy (non-hydrogen) atoms. The predicted molar refractivity (Wildman–Crippen MR) is 54.9 cm³/mol. The quantitative estimate of drug-likeness (QED) is 0.547. The first-order valence-electron chi connectivity index (χ1n) is 4.44. The van der Waals surface area contributed by atoms with E-state index in [1.54, 1.807) is 19.9 Å². The number of allylic oxidation sites excluding steroid dienone is 2. The van der Waals surface area contributed by atoms with Crippen molar-refractivity contribution in [3.8, 4) is 6.07 Å². The van der Waals surface area contributed by atoms with Gasteiger partial charge in [0.05, 0.1) is 5.56 Å². The number of carbonyl (C=O) groups is 1. The molecule has 0 heterocycles. The lowest BCUT2D eigenvalue weighted by molar-refractivity contribution is 0.104. The first kappa shape index (κ1) is 11.1. The summed E-state index contributed by atoms with van der Waals surface area (Å²) < 4.78 is 13.2. The zero-order valence-corrected chi connectivity index (χ0v) is 8.54. The molecule has 0 fully saturated rings. The number of halogens is 1. The SMILES string of the molecule is CC(C)=CC(=O)c1cccc(F)c1C#N. The monoisotopic (exact) mass is 203 g/mol. The number of hydrogen-bond donors (Lipinski definition) is 0. The van der Waals surface area contributed by atoms with Crippen molar-refractivity contribution in [2.24, 2.45) is 0 Å². The minimum Gasteiger partial charge on any atom is -0.289 e. The number of rotatable bonds is 2. The third-order valence-electron chi connectivity index (χ3n) is 1.81. The van der Waals surface area contributed by atoms with Crippen LogP contribution in [0.3, 0.4) is 0 Å². The number of benzene rings is 1. The second kappa shape index (κ2) is 4.52. The zero-order valence-electron chi connectivity index (χ0n) is 8.54. The Kier molecular flexibility index (Phi) is 3.35. The van der Waals surface area contributed by atoms with E-state index in [1.165, 1.54) is 18.2 Å². The van der Waals surface area contributed by atoms with Gasteiger partial charge in [-0.1, -0.05) is 11.6 Å². The number of nitriles is 1. The second-order valence-electron chi connectivity index (χ2n) is 3.36. The molecule has 0 spiro atoms. The van der Waals surface area contributed by atoms with Crippen molar-refractivity contribution in [2.45, 2.75) is 13.8 Å². The maximum absolute atomic E-state index is 13.2. The molecule has 2 nitrogen and oxygen atoms in total. The summed E-state index contributed by atoms with van der Waals surface area (Å²) in [6.07, 6.45) is 1.38. The van der Waals surface area contributed by atoms with E-state index in [9.17, 15) is 9.18 Å². The minimum absolute atomic E-state index is 0.110. The number of carbonyl (C=O) groups excluding carboxylic acids is 1. The largest absolute Gasteiger partial charge is 0.289 e. The smallest absolute Gasteiger partial charge is 0.187 e. The molecule has 1 rings (SSSR count). The summed E-state index contributed by atoms with van der Waals surface area (Å²) in [5, 5.41) is 8.72. The molecular weight excluding hydrogens is 193 g/mol. The van der Waals surface area contributed by atoms with Crippen LogP contribution in [0.5, 0.6) is 0 Å². The Hall–Kier alpha value is -1.95. The maximum atomic E-state index is 13.2. The summed E-state index contributed by atoms with van der Waals surface area (Å²) in [5.74, 6) is -1.00. The van der Waals surface area contributed by atoms with E-state index in [2.05, 4.69) is 0 Å². The Balaban J connectivity index is 3.28. The van der Waals surface area contributed by atoms with Gasteiger partial charge in [0.1, 0.15) is 11.9 Å². The number of hydrogen-bond acceptors (Lipinski definition) is 2. The fraction of sp³-hybridized carbons (Fsp3) is 0.167. The summed E-state index contributed by atoms with van der Waals surface area (Å²) >= 11 is 0. The predicted octanol–water partition coefficient (Wildman–Crippen LogP) is 2.85. The van der Waals surface area contributed by atoms with Crippen LogP contribution in [0, 0.1) is 17.1 Å². The molecule has 0 aromatic heterocycles. The molecule has 76 valence electrons. The fourth-order valence-corrected chi connectivity index (χ4v) is 1.18. The molecule has 1 aromatic rings. The molecule has 0 atom stereocenters. The molecule has 0 bridgehead atoms. The van der Waals surface area contributed by atoms with Crippen LogP contribution in [0.15, 0.2) is 29.8 Å². The Bertz CT molecular complexity index is 465. The van der Waals surface area contributed by atoms with E-state index in [0.717, 1.165) is 11.6 Å². The first-order valence-corrected chi connectivity index (χ1v) is 4.44. The van der Waals surface area contributed by atoms with Crippen LogP contribution in [-0.2, 0) is 0 Å². The maximum Gasteiger partial charge on any atom is 0.187 e. The van der Waals surface area contributed by atoms with Crippen LogP contribution in [0.1, 0.15) is 29.8 Å². The van der Waals surface area contributed by atoms with Gasteiger partial charge >= 0.3 is 0 Å². The normalized spacial score (nSPS) is 9.20. The summed E-state index contributed by atoms with van der Waals surface area (Å²) in [7, 11) is 0. The molecule has 1 aromatic carbocycles. The van der Waals surface area contributed by atoms with Crippen LogP contribution >= 0.6 is 0 Å². The molecule has 0 saturated carbocycles. The van der Waals surface area contributed by atoms with Gasteiger partial charge in [0.15, 0.2) is 5.78 Å². The highest BCUT2D eigenvalue weighted by Crippen LogP contribution is 2.14. The number of nitrogens with zero attached hydrogens (tertiary/aromatic N) is 1. The van der Waals surface area contributed by atoms with Gasteiger partial charge in [-0.15, -0.1) is 0 Å². The van der Waals surface area contributed by atoms with Gasteiger partial charge in [0, 0.05) is 5.56 Å². The Labute approximate surface area is 87.7 Å². The second-order valence-corrected chi connectivity index (χ2v) is 3.36. The van der Waals surface area contributed by atoms with Crippen LogP contribution in [0.4, 0.5) is 4.39 Å². The van der Waals surface area contributed by atoms with Crippen LogP contribution in [-0.4, -0.2) is 5.78 Å². The third-order valence-corrected chi connectivity index (χ3v) is 1.81. The molecule has 0 saturated heterocycles. The van der Waals surface area contributed by atoms with E-state index in [4.69, 9.17) is 5.26 Å². The van der Waals surface area contributed by atoms with Gasteiger partial charge in [-0.05, 0) is 32.1 Å². The van der Waals surface area contributed by atoms with Crippen molar-refractivity contribution < 1.29 is 9.18 Å². The molecule has 0 N–H and O–H groups in total. The van der Waals surface area contributed by atoms with E-state index >= 15 is 0 Å². The highest BCUT2D eigenvalue weighted by Gasteiger charge is 2.12. The van der Waals surface area contributed by atoms with Gasteiger partial charge in [-0.2, -0.15) is 5.26 Å². The number of ketones is 1. The summed E-state index contributed by atoms with van der Waals surface area (Å²) in [4.78, 5) is 11.6. The van der Waals surface area contributed by atoms with Crippen molar-refractivity contribution >= 4 is 5.78 Å². The lowest BCUT2D eigenvalue weighted by atomic mass is 10.0. The van der Waals surface area contributed by atoms with Gasteiger partial charge < -0.3 is 0 Å². The summed E-state index contributed by atoms with van der Waals surface area (Å²) in [5.41, 5.74) is 0.729. The summed E-state index contributed by atoms with van der Waals surface area (Å²) in [6, 6.07) is 5.72. The van der Waals surface area contributed by atoms with Crippen molar-refractivity contribution in [3.63, 3.8) is 0 Å². The molecule has 0 aliphatic heterocycles. The van der Waals surface area contributed by atoms with Gasteiger partial charge in [0.2, 0.25) is 0 Å². The molecular formula is C12H10FNO. The van der Waals surface area contributed by atoms with Gasteiger partial charge in [0.25, 0.3) is 0 Å². The third kappa shape index (κ3) is 2.50. The van der Waals surface area contributed by atoms with Gasteiger partial charge in [-0.25, -0.2) is 4.39 Å². The van der Waals surface area contributed by atoms with Crippen molar-refractivity contribution in [2.75, 3.05) is 0 Å². The molecule has 0 radical (unpaired) electrons. The van der Waals surface area contributed by atoms with E-state index in [0.29, 0.717) is 0 Å². The zero-order chi connectivity index (χ0) is 11.4. The average Bonchev–Trinajstić information content (AvgIpc) is 2.16. The van der Waals surface area contributed by atoms with Crippen molar-refractivity contribution in [3.05, 3.63) is 46.8 Å². The highest BCUT2D eigenvalue weighted by atomic mass is 19.1. The highest BCUT2D eigenvalue weighted by molar-refractivity contribution is 6.06. The molecule has 0 amide bonds. The van der Waals surface area contributed by atoms with Crippen LogP contribution in [0.2, 0.25) is 0 Å². The molecule has 0 aliphatic carbocycles. The molecule has 3 heteroatoms. The van der Waals surface area contributed by atoms with Crippen molar-refractivity contribution in [1.82, 2.24) is 0 Å². The Morgan fingerprint density at radius 2 is 2.13 bits per heavy atom. The minimum atomic E-state index is -0.662. The van der Waals surface area contributed by atoms with E-state index < -0.39 is 5.82 Å². The standard InChI is InChI=1S/C12H10FNO/c1-8(2)6-12(15)9-4-3-5-11(13)10(9)7-14/h3-6H,1-2H3. The van der Waals surface area contributed by atoms with E-state index in [1.807, 2.05) is 0 Å². The first-order chi connectivity index (χ1) is 7.06. The Morgan fingerprint density at radius 3 is 2.67 bits per heavy atom. The topological polar surface area (TPSA) is 40.9 Å². The Morgan fingerprint density at radius 1 is 1.47 bits per heavy atom. The molecule has 0 aliphatic rings. The average molecular weight is 203 g/mol.